The second-order valence-electron chi connectivity index (χ2n) is 8.20. The summed E-state index contributed by atoms with van der Waals surface area (Å²) >= 11 is 1.42. The third-order valence-corrected chi connectivity index (χ3v) is 9.11. The predicted molar refractivity (Wildman–Crippen MR) is 138 cm³/mol. The minimum absolute atomic E-state index is 0.0698. The van der Waals surface area contributed by atoms with Gasteiger partial charge in [0.1, 0.15) is 11.3 Å². The number of rotatable bonds is 10. The SMILES string of the molecule is CCOc1cccc2sc(N(CC3CCCO3)C(=O)c3ccc(S(=O)(=O)N(CC)CC)cc3)nc12. The van der Waals surface area contributed by atoms with E-state index < -0.39 is 10.0 Å². The Bertz CT molecular complexity index is 1260. The van der Waals surface area contributed by atoms with E-state index in [1.54, 1.807) is 30.9 Å². The van der Waals surface area contributed by atoms with Gasteiger partial charge >= 0.3 is 0 Å². The van der Waals surface area contributed by atoms with Crippen molar-refractivity contribution in [2.45, 2.75) is 44.6 Å². The van der Waals surface area contributed by atoms with E-state index in [0.717, 1.165) is 23.1 Å². The van der Waals surface area contributed by atoms with Crippen molar-refractivity contribution < 1.29 is 22.7 Å². The minimum atomic E-state index is -3.60. The standard InChI is InChI=1S/C25H31N3O5S2/c1-4-27(5-2)35(30,31)20-14-12-18(13-15-20)24(29)28(17-19-9-8-16-33-19)25-26-23-21(32-6-3)10-7-11-22(23)34-25/h7,10-15,19H,4-6,8-9,16-17H2,1-3H3. The Labute approximate surface area is 210 Å². The molecular weight excluding hydrogens is 486 g/mol. The maximum Gasteiger partial charge on any atom is 0.260 e. The number of fused-ring (bicyclic) bond motifs is 1. The summed E-state index contributed by atoms with van der Waals surface area (Å²) in [5, 5.41) is 0.562. The first-order valence-corrected chi connectivity index (χ1v) is 14.2. The molecule has 1 unspecified atom stereocenters. The zero-order valence-corrected chi connectivity index (χ0v) is 21.9. The van der Waals surface area contributed by atoms with Crippen LogP contribution in [0.2, 0.25) is 0 Å². The summed E-state index contributed by atoms with van der Waals surface area (Å²) in [6.07, 6.45) is 1.76. The molecule has 35 heavy (non-hydrogen) atoms. The van der Waals surface area contributed by atoms with E-state index in [1.165, 1.54) is 27.8 Å². The first-order valence-electron chi connectivity index (χ1n) is 11.9. The van der Waals surface area contributed by atoms with Crippen LogP contribution in [0.3, 0.4) is 0 Å². The molecule has 4 rings (SSSR count). The van der Waals surface area contributed by atoms with Gasteiger partial charge in [0, 0.05) is 25.3 Å². The van der Waals surface area contributed by atoms with Gasteiger partial charge in [0.05, 0.1) is 28.9 Å². The molecule has 3 aromatic rings. The first kappa shape index (κ1) is 25.6. The van der Waals surface area contributed by atoms with Gasteiger partial charge < -0.3 is 9.47 Å². The van der Waals surface area contributed by atoms with Crippen LogP contribution >= 0.6 is 11.3 Å². The number of benzene rings is 2. The average molecular weight is 518 g/mol. The molecule has 0 bridgehead atoms. The van der Waals surface area contributed by atoms with Crippen molar-refractivity contribution in [2.24, 2.45) is 0 Å². The van der Waals surface area contributed by atoms with Crippen molar-refractivity contribution in [3.8, 4) is 5.75 Å². The van der Waals surface area contributed by atoms with E-state index in [9.17, 15) is 13.2 Å². The number of thiazole rings is 1. The Hall–Kier alpha value is -2.53. The predicted octanol–water partition coefficient (Wildman–Crippen LogP) is 4.55. The molecule has 0 radical (unpaired) electrons. The molecule has 0 aliphatic carbocycles. The summed E-state index contributed by atoms with van der Waals surface area (Å²) in [6.45, 7) is 7.87. The maximum absolute atomic E-state index is 13.7. The normalized spacial score (nSPS) is 16.2. The van der Waals surface area contributed by atoms with Gasteiger partial charge in [-0.1, -0.05) is 31.3 Å². The van der Waals surface area contributed by atoms with E-state index in [2.05, 4.69) is 0 Å². The van der Waals surface area contributed by atoms with Crippen molar-refractivity contribution >= 4 is 42.6 Å². The van der Waals surface area contributed by atoms with Crippen LogP contribution in [0.15, 0.2) is 47.4 Å². The van der Waals surface area contributed by atoms with Crippen molar-refractivity contribution in [2.75, 3.05) is 37.7 Å². The van der Waals surface area contributed by atoms with Gasteiger partial charge in [-0.05, 0) is 56.2 Å². The van der Waals surface area contributed by atoms with Crippen molar-refractivity contribution in [1.82, 2.24) is 9.29 Å². The third-order valence-electron chi connectivity index (χ3n) is 6.00. The van der Waals surface area contributed by atoms with E-state index in [0.29, 0.717) is 49.3 Å². The van der Waals surface area contributed by atoms with Crippen molar-refractivity contribution in [3.63, 3.8) is 0 Å². The van der Waals surface area contributed by atoms with Gasteiger partial charge in [-0.15, -0.1) is 0 Å². The summed E-state index contributed by atoms with van der Waals surface area (Å²) in [5.74, 6) is 0.437. The Morgan fingerprint density at radius 2 is 1.89 bits per heavy atom. The zero-order chi connectivity index (χ0) is 25.0. The molecule has 1 fully saturated rings. The summed E-state index contributed by atoms with van der Waals surface area (Å²) in [4.78, 5) is 20.3. The number of nitrogens with zero attached hydrogens (tertiary/aromatic N) is 3. The fourth-order valence-corrected chi connectivity index (χ4v) is 6.63. The lowest BCUT2D eigenvalue weighted by molar-refractivity contribution is 0.0917. The van der Waals surface area contributed by atoms with Gasteiger partial charge in [-0.3, -0.25) is 9.69 Å². The summed E-state index contributed by atoms with van der Waals surface area (Å²) < 4.78 is 39.5. The van der Waals surface area contributed by atoms with Gasteiger partial charge in [0.15, 0.2) is 5.13 Å². The third kappa shape index (κ3) is 5.35. The lowest BCUT2D eigenvalue weighted by atomic mass is 10.2. The molecule has 0 N–H and O–H groups in total. The van der Waals surface area contributed by atoms with Crippen LogP contribution in [-0.4, -0.2) is 62.6 Å². The molecule has 1 aliphatic rings. The number of hydrogen-bond acceptors (Lipinski definition) is 7. The summed E-state index contributed by atoms with van der Waals surface area (Å²) in [5.41, 5.74) is 1.12. The highest BCUT2D eigenvalue weighted by Gasteiger charge is 2.28. The largest absolute Gasteiger partial charge is 0.492 e. The molecule has 1 amide bonds. The Balaban J connectivity index is 1.67. The number of sulfonamides is 1. The first-order chi connectivity index (χ1) is 16.9. The molecule has 8 nitrogen and oxygen atoms in total. The monoisotopic (exact) mass is 517 g/mol. The van der Waals surface area contributed by atoms with E-state index in [1.807, 2.05) is 25.1 Å². The lowest BCUT2D eigenvalue weighted by Crippen LogP contribution is -2.37. The topological polar surface area (TPSA) is 89.0 Å². The quantitative estimate of drug-likeness (QED) is 0.392. The van der Waals surface area contributed by atoms with E-state index in [-0.39, 0.29) is 16.9 Å². The van der Waals surface area contributed by atoms with Crippen LogP contribution in [0, 0.1) is 0 Å². The summed E-state index contributed by atoms with van der Waals surface area (Å²) in [6, 6.07) is 11.9. The van der Waals surface area contributed by atoms with Gasteiger partial charge in [0.2, 0.25) is 10.0 Å². The van der Waals surface area contributed by atoms with Crippen LogP contribution in [0.25, 0.3) is 10.2 Å². The van der Waals surface area contributed by atoms with Crippen LogP contribution in [0.1, 0.15) is 44.0 Å². The average Bonchev–Trinajstić information content (AvgIpc) is 3.53. The Kier molecular flexibility index (Phi) is 8.05. The van der Waals surface area contributed by atoms with Crippen molar-refractivity contribution in [1.29, 1.82) is 0 Å². The molecule has 1 aliphatic heterocycles. The fourth-order valence-electron chi connectivity index (χ4n) is 4.18. The van der Waals surface area contributed by atoms with Gasteiger partial charge in [-0.2, -0.15) is 4.31 Å². The Morgan fingerprint density at radius 1 is 1.14 bits per heavy atom. The minimum Gasteiger partial charge on any atom is -0.492 e. The Morgan fingerprint density at radius 3 is 2.51 bits per heavy atom. The number of carbonyl (C=O) groups excluding carboxylic acids is 1. The fraction of sp³-hybridized carbons (Fsp3) is 0.440. The molecule has 0 saturated carbocycles. The van der Waals surface area contributed by atoms with Crippen LogP contribution in [0.5, 0.6) is 5.75 Å². The zero-order valence-electron chi connectivity index (χ0n) is 20.3. The second kappa shape index (κ2) is 11.0. The molecular formula is C25H31N3O5S2. The maximum atomic E-state index is 13.7. The molecule has 188 valence electrons. The number of aromatic nitrogens is 1. The molecule has 10 heteroatoms. The summed E-state index contributed by atoms with van der Waals surface area (Å²) in [7, 11) is -3.60. The number of para-hydroxylation sites is 1. The van der Waals surface area contributed by atoms with E-state index in [4.69, 9.17) is 14.5 Å². The smallest absolute Gasteiger partial charge is 0.260 e. The highest BCUT2D eigenvalue weighted by Crippen LogP contribution is 2.35. The molecule has 2 aromatic carbocycles. The van der Waals surface area contributed by atoms with Crippen LogP contribution < -0.4 is 9.64 Å². The highest BCUT2D eigenvalue weighted by molar-refractivity contribution is 7.89. The van der Waals surface area contributed by atoms with Gasteiger partial charge in [0.25, 0.3) is 5.91 Å². The van der Waals surface area contributed by atoms with Gasteiger partial charge in [-0.25, -0.2) is 13.4 Å². The number of anilines is 1. The van der Waals surface area contributed by atoms with Crippen molar-refractivity contribution in [3.05, 3.63) is 48.0 Å². The molecule has 0 spiro atoms. The molecule has 2 heterocycles. The number of hydrogen-bond donors (Lipinski definition) is 0. The molecule has 1 aromatic heterocycles. The molecule has 1 atom stereocenters. The lowest BCUT2D eigenvalue weighted by Gasteiger charge is -2.23. The number of ether oxygens (including phenoxy) is 2. The van der Waals surface area contributed by atoms with Crippen LogP contribution in [0.4, 0.5) is 5.13 Å². The number of amides is 1. The van der Waals surface area contributed by atoms with E-state index >= 15 is 0 Å². The highest BCUT2D eigenvalue weighted by atomic mass is 32.2. The second-order valence-corrected chi connectivity index (χ2v) is 11.1. The number of carbonyl (C=O) groups is 1. The van der Waals surface area contributed by atoms with Crippen LogP contribution in [-0.2, 0) is 14.8 Å². The molecule has 1 saturated heterocycles.